The van der Waals surface area contributed by atoms with E-state index < -0.39 is 10.1 Å². The molecule has 0 aromatic heterocycles. The Balaban J connectivity index is 1.59. The molecular weight excluding hydrogens is 577 g/mol. The van der Waals surface area contributed by atoms with Gasteiger partial charge in [0.25, 0.3) is 0 Å². The summed E-state index contributed by atoms with van der Waals surface area (Å²) in [5, 5.41) is 3.63. The van der Waals surface area contributed by atoms with Crippen LogP contribution in [0.5, 0.6) is 17.2 Å². The number of nitrogens with one attached hydrogen (secondary N) is 1. The van der Waals surface area contributed by atoms with Crippen molar-refractivity contribution in [3.8, 4) is 28.4 Å². The number of benzene rings is 4. The summed E-state index contributed by atoms with van der Waals surface area (Å²) >= 11 is 6.11. The van der Waals surface area contributed by atoms with Crippen molar-refractivity contribution in [3.63, 3.8) is 0 Å². The zero-order chi connectivity index (χ0) is 30.2. The summed E-state index contributed by atoms with van der Waals surface area (Å²) in [5.74, 6) is 0.538. The fourth-order valence-electron chi connectivity index (χ4n) is 5.25. The summed E-state index contributed by atoms with van der Waals surface area (Å²) < 4.78 is 57.3. The second kappa shape index (κ2) is 11.3. The Labute approximate surface area is 250 Å². The van der Waals surface area contributed by atoms with Crippen molar-refractivity contribution in [2.24, 2.45) is 0 Å². The maximum absolute atomic E-state index is 14.0. The van der Waals surface area contributed by atoms with Crippen LogP contribution in [0, 0.1) is 12.7 Å². The van der Waals surface area contributed by atoms with Gasteiger partial charge in [0.15, 0.2) is 0 Å². The van der Waals surface area contributed by atoms with Gasteiger partial charge in [-0.15, -0.1) is 0 Å². The molecule has 0 bridgehead atoms. The minimum Gasteiger partial charge on any atom is -0.496 e. The van der Waals surface area contributed by atoms with Crippen molar-refractivity contribution >= 4 is 33.0 Å². The molecular formula is C33H31ClFNO5S. The number of anilines is 1. The van der Waals surface area contributed by atoms with Gasteiger partial charge in [-0.2, -0.15) is 8.42 Å². The normalized spacial score (nSPS) is 13.9. The molecule has 0 aliphatic carbocycles. The molecule has 6 nitrogen and oxygen atoms in total. The fraction of sp³-hybridized carbons (Fsp3) is 0.212. The van der Waals surface area contributed by atoms with E-state index in [0.717, 1.165) is 33.5 Å². The summed E-state index contributed by atoms with van der Waals surface area (Å²) in [6.07, 6.45) is 2.16. The van der Waals surface area contributed by atoms with Crippen LogP contribution in [-0.2, 0) is 16.7 Å². The molecule has 4 aromatic rings. The summed E-state index contributed by atoms with van der Waals surface area (Å²) in [5.41, 5.74) is 5.93. The molecule has 1 aliphatic heterocycles. The maximum atomic E-state index is 14.0. The lowest BCUT2D eigenvalue weighted by Gasteiger charge is -2.33. The van der Waals surface area contributed by atoms with Crippen LogP contribution in [0.25, 0.3) is 16.7 Å². The Hall–Kier alpha value is -4.01. The number of aryl methyl sites for hydroxylation is 1. The van der Waals surface area contributed by atoms with E-state index in [0.29, 0.717) is 17.1 Å². The highest BCUT2D eigenvalue weighted by atomic mass is 35.5. The van der Waals surface area contributed by atoms with Crippen LogP contribution >= 0.6 is 11.6 Å². The predicted molar refractivity (Wildman–Crippen MR) is 165 cm³/mol. The minimum atomic E-state index is -4.19. The largest absolute Gasteiger partial charge is 0.496 e. The van der Waals surface area contributed by atoms with Crippen LogP contribution in [0.15, 0.2) is 83.8 Å². The smallest absolute Gasteiger partial charge is 0.340 e. The summed E-state index contributed by atoms with van der Waals surface area (Å²) in [6.45, 7) is 8.26. The zero-order valence-electron chi connectivity index (χ0n) is 23.9. The molecule has 218 valence electrons. The summed E-state index contributed by atoms with van der Waals surface area (Å²) in [4.78, 5) is -0.130. The molecule has 5 rings (SSSR count). The topological polar surface area (TPSA) is 73.9 Å². The molecule has 0 fully saturated rings. The standard InChI is InChI=1S/C33H31ClFNO5S/c1-20-10-11-22(35)16-29(20)40-19-26-24(14-15-28-32(26)21(2)18-33(3,4)36-28)25-13-12-23(17-30(25)39-5)41-42(37,38)31-9-7-6-8-27(31)34/h6-18,36H,19H2,1-5H3. The summed E-state index contributed by atoms with van der Waals surface area (Å²) in [6, 6.07) is 19.3. The number of allylic oxidation sites excluding steroid dienone is 1. The van der Waals surface area contributed by atoms with E-state index in [2.05, 4.69) is 32.2 Å². The van der Waals surface area contributed by atoms with Gasteiger partial charge in [-0.1, -0.05) is 41.9 Å². The van der Waals surface area contributed by atoms with Gasteiger partial charge in [0.1, 0.15) is 34.6 Å². The number of hydrogen-bond acceptors (Lipinski definition) is 6. The second-order valence-corrected chi connectivity index (χ2v) is 12.6. The van der Waals surface area contributed by atoms with E-state index in [1.807, 2.05) is 19.1 Å². The molecule has 0 spiro atoms. The van der Waals surface area contributed by atoms with Gasteiger partial charge in [0, 0.05) is 34.5 Å². The molecule has 9 heteroatoms. The first kappa shape index (κ1) is 29.5. The minimum absolute atomic E-state index is 0.0635. The molecule has 0 atom stereocenters. The summed E-state index contributed by atoms with van der Waals surface area (Å²) in [7, 11) is -2.68. The lowest BCUT2D eigenvalue weighted by Crippen LogP contribution is -2.32. The lowest BCUT2D eigenvalue weighted by atomic mass is 9.85. The Bertz CT molecular complexity index is 1820. The van der Waals surface area contributed by atoms with Crippen molar-refractivity contribution in [1.29, 1.82) is 0 Å². The molecule has 1 aliphatic rings. The first-order valence-corrected chi connectivity index (χ1v) is 15.1. The van der Waals surface area contributed by atoms with Crippen LogP contribution in [0.3, 0.4) is 0 Å². The molecule has 0 saturated heterocycles. The number of halogens is 2. The van der Waals surface area contributed by atoms with E-state index in [1.165, 1.54) is 37.4 Å². The van der Waals surface area contributed by atoms with E-state index >= 15 is 0 Å². The number of ether oxygens (including phenoxy) is 2. The third-order valence-electron chi connectivity index (χ3n) is 7.04. The van der Waals surface area contributed by atoms with Gasteiger partial charge >= 0.3 is 10.1 Å². The fourth-order valence-corrected chi connectivity index (χ4v) is 6.66. The van der Waals surface area contributed by atoms with E-state index in [4.69, 9.17) is 25.3 Å². The van der Waals surface area contributed by atoms with Crippen LogP contribution < -0.4 is 19.0 Å². The molecule has 0 amide bonds. The number of hydrogen-bond donors (Lipinski definition) is 1. The van der Waals surface area contributed by atoms with Crippen LogP contribution in [0.1, 0.15) is 37.5 Å². The molecule has 1 N–H and O–H groups in total. The maximum Gasteiger partial charge on any atom is 0.340 e. The number of fused-ring (bicyclic) bond motifs is 1. The average molecular weight is 608 g/mol. The Morgan fingerprint density at radius 3 is 2.40 bits per heavy atom. The molecule has 0 saturated carbocycles. The third kappa shape index (κ3) is 5.96. The van der Waals surface area contributed by atoms with E-state index in [-0.39, 0.29) is 33.6 Å². The first-order chi connectivity index (χ1) is 19.9. The highest BCUT2D eigenvalue weighted by Gasteiger charge is 2.28. The molecule has 42 heavy (non-hydrogen) atoms. The van der Waals surface area contributed by atoms with Crippen molar-refractivity contribution in [2.75, 3.05) is 12.4 Å². The monoisotopic (exact) mass is 607 g/mol. The van der Waals surface area contributed by atoms with Crippen molar-refractivity contribution < 1.29 is 26.5 Å². The molecule has 1 heterocycles. The Morgan fingerprint density at radius 2 is 1.67 bits per heavy atom. The van der Waals surface area contributed by atoms with Gasteiger partial charge in [0.05, 0.1) is 17.7 Å². The van der Waals surface area contributed by atoms with Gasteiger partial charge in [-0.25, -0.2) is 4.39 Å². The van der Waals surface area contributed by atoms with Gasteiger partial charge in [-0.3, -0.25) is 0 Å². The Kier molecular flexibility index (Phi) is 7.96. The van der Waals surface area contributed by atoms with Gasteiger partial charge in [0.2, 0.25) is 0 Å². The quantitative estimate of drug-likeness (QED) is 0.203. The SMILES string of the molecule is COc1cc(OS(=O)(=O)c2ccccc2Cl)ccc1-c1ccc2c(c1COc1cc(F)ccc1C)C(C)=CC(C)(C)N2. The predicted octanol–water partition coefficient (Wildman–Crippen LogP) is 8.42. The first-order valence-electron chi connectivity index (χ1n) is 13.3. The molecule has 0 unspecified atom stereocenters. The van der Waals surface area contributed by atoms with Crippen molar-refractivity contribution in [3.05, 3.63) is 106 Å². The lowest BCUT2D eigenvalue weighted by molar-refractivity contribution is 0.302. The second-order valence-electron chi connectivity index (χ2n) is 10.7. The van der Waals surface area contributed by atoms with Gasteiger partial charge in [-0.05, 0) is 80.8 Å². The van der Waals surface area contributed by atoms with Crippen molar-refractivity contribution in [1.82, 2.24) is 0 Å². The zero-order valence-corrected chi connectivity index (χ0v) is 25.5. The highest BCUT2D eigenvalue weighted by Crippen LogP contribution is 2.44. The van der Waals surface area contributed by atoms with Crippen LogP contribution in [0.4, 0.5) is 10.1 Å². The highest BCUT2D eigenvalue weighted by molar-refractivity contribution is 7.87. The van der Waals surface area contributed by atoms with Crippen molar-refractivity contribution in [2.45, 2.75) is 44.7 Å². The van der Waals surface area contributed by atoms with Crippen LogP contribution in [-0.4, -0.2) is 21.1 Å². The molecule has 0 radical (unpaired) electrons. The third-order valence-corrected chi connectivity index (χ3v) is 8.79. The molecule has 4 aromatic carbocycles. The van der Waals surface area contributed by atoms with Gasteiger partial charge < -0.3 is 19.0 Å². The Morgan fingerprint density at radius 1 is 0.929 bits per heavy atom. The number of rotatable bonds is 8. The van der Waals surface area contributed by atoms with Crippen LogP contribution in [0.2, 0.25) is 5.02 Å². The van der Waals surface area contributed by atoms with E-state index in [9.17, 15) is 12.8 Å². The van der Waals surface area contributed by atoms with E-state index in [1.54, 1.807) is 30.3 Å². The number of methoxy groups -OCH3 is 1. The average Bonchev–Trinajstić information content (AvgIpc) is 2.92.